The number of hydrogen-bond acceptors (Lipinski definition) is 6. The van der Waals surface area contributed by atoms with Gasteiger partial charge in [-0.2, -0.15) is 8.42 Å². The summed E-state index contributed by atoms with van der Waals surface area (Å²) in [6.45, 7) is 0. The lowest BCUT2D eigenvalue weighted by Gasteiger charge is -2.10. The normalized spacial score (nSPS) is 12.4. The molecule has 1 aromatic carbocycles. The molecule has 0 heterocycles. The van der Waals surface area contributed by atoms with E-state index in [1.807, 2.05) is 0 Å². The molecule has 0 aliphatic carbocycles. The molecule has 0 unspecified atom stereocenters. The Hall–Kier alpha value is -1.03. The molecular weight excluding hydrogens is 240 g/mol. The van der Waals surface area contributed by atoms with Gasteiger partial charge in [-0.05, 0) is 18.2 Å². The van der Waals surface area contributed by atoms with Crippen LogP contribution in [-0.2, 0) is 10.1 Å². The molecule has 1 rings (SSSR count). The van der Waals surface area contributed by atoms with Gasteiger partial charge >= 0.3 is 0 Å². The van der Waals surface area contributed by atoms with Crippen molar-refractivity contribution >= 4 is 10.1 Å². The minimum atomic E-state index is -4.56. The summed E-state index contributed by atoms with van der Waals surface area (Å²) in [6.07, 6.45) is -3.97. The van der Waals surface area contributed by atoms with Crippen LogP contribution in [0.5, 0.6) is 0 Å². The molecule has 0 saturated carbocycles. The first-order valence-corrected chi connectivity index (χ1v) is 5.50. The van der Waals surface area contributed by atoms with Gasteiger partial charge in [0.25, 0.3) is 10.1 Å². The van der Waals surface area contributed by atoms with Gasteiger partial charge in [-0.1, -0.05) is 0 Å². The molecule has 0 spiro atoms. The first kappa shape index (κ1) is 13.0. The van der Waals surface area contributed by atoms with Crippen LogP contribution < -0.4 is 0 Å². The number of aliphatic hydroxyl groups is 4. The average molecular weight is 250 g/mol. The van der Waals surface area contributed by atoms with Gasteiger partial charge in [0.05, 0.1) is 4.90 Å². The van der Waals surface area contributed by atoms with Crippen molar-refractivity contribution in [2.75, 3.05) is 0 Å². The summed E-state index contributed by atoms with van der Waals surface area (Å²) in [5.41, 5.74) is -0.559. The molecule has 7 nitrogen and oxygen atoms in total. The van der Waals surface area contributed by atoms with E-state index in [4.69, 9.17) is 25.0 Å². The molecule has 0 aromatic heterocycles. The molecule has 0 bridgehead atoms. The Morgan fingerprint density at radius 3 is 1.50 bits per heavy atom. The SMILES string of the molecule is O=S(=O)(O)c1cc(C(O)O)cc(C(O)O)c1. The Morgan fingerprint density at radius 2 is 1.25 bits per heavy atom. The van der Waals surface area contributed by atoms with Crippen LogP contribution in [0.4, 0.5) is 0 Å². The first-order valence-electron chi connectivity index (χ1n) is 4.06. The fourth-order valence-corrected chi connectivity index (χ4v) is 1.66. The second kappa shape index (κ2) is 4.45. The average Bonchev–Trinajstić information content (AvgIpc) is 2.15. The van der Waals surface area contributed by atoms with Crippen molar-refractivity contribution in [3.63, 3.8) is 0 Å². The molecular formula is C8H10O7S. The maximum Gasteiger partial charge on any atom is 0.294 e. The Kier molecular flexibility index (Phi) is 3.63. The second-order valence-electron chi connectivity index (χ2n) is 3.06. The minimum absolute atomic E-state index is 0.279. The quantitative estimate of drug-likeness (QED) is 0.339. The van der Waals surface area contributed by atoms with Crippen molar-refractivity contribution in [3.05, 3.63) is 29.3 Å². The third-order valence-corrected chi connectivity index (χ3v) is 2.68. The van der Waals surface area contributed by atoms with E-state index in [2.05, 4.69) is 0 Å². The maximum absolute atomic E-state index is 10.8. The Balaban J connectivity index is 3.42. The fourth-order valence-electron chi connectivity index (χ4n) is 1.09. The number of hydrogen-bond donors (Lipinski definition) is 5. The van der Waals surface area contributed by atoms with Crippen molar-refractivity contribution in [1.82, 2.24) is 0 Å². The molecule has 0 amide bonds. The van der Waals surface area contributed by atoms with Crippen LogP contribution >= 0.6 is 0 Å². The molecule has 0 aliphatic rings. The van der Waals surface area contributed by atoms with Crippen LogP contribution in [0.3, 0.4) is 0 Å². The van der Waals surface area contributed by atoms with E-state index in [-0.39, 0.29) is 11.1 Å². The van der Waals surface area contributed by atoms with E-state index in [0.717, 1.165) is 18.2 Å². The van der Waals surface area contributed by atoms with Gasteiger partial charge in [0.1, 0.15) is 0 Å². The van der Waals surface area contributed by atoms with Crippen LogP contribution in [0.2, 0.25) is 0 Å². The maximum atomic E-state index is 10.8. The van der Waals surface area contributed by atoms with Gasteiger partial charge in [-0.25, -0.2) is 0 Å². The van der Waals surface area contributed by atoms with Crippen molar-refractivity contribution in [2.45, 2.75) is 17.5 Å². The number of rotatable bonds is 3. The Labute approximate surface area is 91.0 Å². The van der Waals surface area contributed by atoms with Crippen LogP contribution in [0.25, 0.3) is 0 Å². The number of aliphatic hydroxyl groups excluding tert-OH is 2. The minimum Gasteiger partial charge on any atom is -0.364 e. The van der Waals surface area contributed by atoms with E-state index in [1.54, 1.807) is 0 Å². The van der Waals surface area contributed by atoms with Crippen molar-refractivity contribution in [3.8, 4) is 0 Å². The van der Waals surface area contributed by atoms with Gasteiger partial charge < -0.3 is 20.4 Å². The lowest BCUT2D eigenvalue weighted by atomic mass is 10.1. The molecule has 0 atom stereocenters. The van der Waals surface area contributed by atoms with Crippen LogP contribution in [-0.4, -0.2) is 33.4 Å². The zero-order chi connectivity index (χ0) is 12.5. The third kappa shape index (κ3) is 2.98. The largest absolute Gasteiger partial charge is 0.364 e. The summed E-state index contributed by atoms with van der Waals surface area (Å²) >= 11 is 0. The summed E-state index contributed by atoms with van der Waals surface area (Å²) in [7, 11) is -4.56. The summed E-state index contributed by atoms with van der Waals surface area (Å²) in [5, 5.41) is 35.3. The summed E-state index contributed by atoms with van der Waals surface area (Å²) in [4.78, 5) is -0.652. The lowest BCUT2D eigenvalue weighted by Crippen LogP contribution is -2.06. The van der Waals surface area contributed by atoms with Gasteiger partial charge in [0.15, 0.2) is 12.6 Å². The highest BCUT2D eigenvalue weighted by Crippen LogP contribution is 2.22. The van der Waals surface area contributed by atoms with E-state index >= 15 is 0 Å². The Bertz CT molecular complexity index is 451. The van der Waals surface area contributed by atoms with Crippen molar-refractivity contribution in [2.24, 2.45) is 0 Å². The summed E-state index contributed by atoms with van der Waals surface area (Å²) in [5.74, 6) is 0. The predicted octanol–water partition coefficient (Wildman–Crippen LogP) is -1.10. The first-order chi connectivity index (χ1) is 7.21. The number of benzene rings is 1. The highest BCUT2D eigenvalue weighted by Gasteiger charge is 2.17. The van der Waals surface area contributed by atoms with Crippen molar-refractivity contribution in [1.29, 1.82) is 0 Å². The molecule has 90 valence electrons. The second-order valence-corrected chi connectivity index (χ2v) is 4.48. The molecule has 0 aliphatic heterocycles. The molecule has 5 N–H and O–H groups in total. The Morgan fingerprint density at radius 1 is 0.875 bits per heavy atom. The van der Waals surface area contributed by atoms with E-state index in [1.165, 1.54) is 0 Å². The third-order valence-electron chi connectivity index (χ3n) is 1.85. The zero-order valence-electron chi connectivity index (χ0n) is 7.85. The summed E-state index contributed by atoms with van der Waals surface area (Å²) < 4.78 is 30.4. The lowest BCUT2D eigenvalue weighted by molar-refractivity contribution is -0.0477. The summed E-state index contributed by atoms with van der Waals surface area (Å²) in [6, 6.07) is 2.61. The van der Waals surface area contributed by atoms with Crippen molar-refractivity contribution < 1.29 is 33.4 Å². The zero-order valence-corrected chi connectivity index (χ0v) is 8.66. The highest BCUT2D eigenvalue weighted by atomic mass is 32.2. The van der Waals surface area contributed by atoms with Gasteiger partial charge in [0.2, 0.25) is 0 Å². The fraction of sp³-hybridized carbons (Fsp3) is 0.250. The van der Waals surface area contributed by atoms with Gasteiger partial charge in [0, 0.05) is 11.1 Å². The standard InChI is InChI=1S/C8H10O7S/c9-7(10)4-1-5(8(11)12)3-6(2-4)16(13,14)15/h1-3,7-12H,(H,13,14,15). The molecule has 1 aromatic rings. The highest BCUT2D eigenvalue weighted by molar-refractivity contribution is 7.85. The van der Waals surface area contributed by atoms with Crippen LogP contribution in [0.1, 0.15) is 23.7 Å². The van der Waals surface area contributed by atoms with E-state index < -0.39 is 27.6 Å². The van der Waals surface area contributed by atoms with Gasteiger partial charge in [-0.3, -0.25) is 4.55 Å². The topological polar surface area (TPSA) is 135 Å². The van der Waals surface area contributed by atoms with E-state index in [9.17, 15) is 8.42 Å². The molecule has 0 fully saturated rings. The van der Waals surface area contributed by atoms with Crippen LogP contribution in [0.15, 0.2) is 23.1 Å². The molecule has 0 saturated heterocycles. The van der Waals surface area contributed by atoms with Crippen LogP contribution in [0, 0.1) is 0 Å². The van der Waals surface area contributed by atoms with Gasteiger partial charge in [-0.15, -0.1) is 0 Å². The molecule has 0 radical (unpaired) electrons. The van der Waals surface area contributed by atoms with E-state index in [0.29, 0.717) is 0 Å². The smallest absolute Gasteiger partial charge is 0.294 e. The monoisotopic (exact) mass is 250 g/mol. The molecule has 16 heavy (non-hydrogen) atoms. The molecule has 8 heteroatoms. The predicted molar refractivity (Wildman–Crippen MR) is 50.6 cm³/mol.